The predicted molar refractivity (Wildman–Crippen MR) is 81.9 cm³/mol. The van der Waals surface area contributed by atoms with Crippen molar-refractivity contribution in [3.8, 4) is 0 Å². The summed E-state index contributed by atoms with van der Waals surface area (Å²) in [6.07, 6.45) is 2.95. The van der Waals surface area contributed by atoms with E-state index in [2.05, 4.69) is 29.4 Å². The lowest BCUT2D eigenvalue weighted by atomic mass is 10.1. The van der Waals surface area contributed by atoms with Crippen molar-refractivity contribution in [2.45, 2.75) is 29.2 Å². The van der Waals surface area contributed by atoms with Crippen molar-refractivity contribution in [1.29, 1.82) is 0 Å². The molecule has 4 heteroatoms. The third-order valence-corrected chi connectivity index (χ3v) is 4.11. The fourth-order valence-electron chi connectivity index (χ4n) is 1.89. The molecule has 19 heavy (non-hydrogen) atoms. The molecule has 0 spiro atoms. The first-order valence-electron chi connectivity index (χ1n) is 6.29. The Morgan fingerprint density at radius 2 is 2.11 bits per heavy atom. The zero-order valence-corrected chi connectivity index (χ0v) is 12.6. The number of pyridine rings is 1. The lowest BCUT2D eigenvalue weighted by Gasteiger charge is -2.13. The molecule has 0 aliphatic rings. The minimum absolute atomic E-state index is 0.324. The highest BCUT2D eigenvalue weighted by Crippen LogP contribution is 2.29. The second-order valence-electron chi connectivity index (χ2n) is 4.23. The van der Waals surface area contributed by atoms with E-state index in [1.54, 1.807) is 11.8 Å². The van der Waals surface area contributed by atoms with Gasteiger partial charge >= 0.3 is 0 Å². The van der Waals surface area contributed by atoms with Gasteiger partial charge < -0.3 is 5.32 Å². The van der Waals surface area contributed by atoms with E-state index in [0.717, 1.165) is 26.9 Å². The van der Waals surface area contributed by atoms with Gasteiger partial charge in [-0.15, -0.1) is 0 Å². The molecular formula is C15H17ClN2S. The third-order valence-electron chi connectivity index (χ3n) is 2.90. The van der Waals surface area contributed by atoms with Crippen LogP contribution < -0.4 is 5.32 Å². The maximum absolute atomic E-state index is 5.98. The Balaban J connectivity index is 2.10. The van der Waals surface area contributed by atoms with Gasteiger partial charge in [-0.2, -0.15) is 0 Å². The van der Waals surface area contributed by atoms with Crippen molar-refractivity contribution < 1.29 is 0 Å². The van der Waals surface area contributed by atoms with E-state index in [0.29, 0.717) is 6.04 Å². The molecule has 0 aliphatic carbocycles. The topological polar surface area (TPSA) is 24.9 Å². The lowest BCUT2D eigenvalue weighted by molar-refractivity contribution is 0.561. The highest BCUT2D eigenvalue weighted by Gasteiger charge is 2.07. The molecule has 0 aliphatic heterocycles. The molecule has 0 bridgehead atoms. The van der Waals surface area contributed by atoms with Crippen molar-refractivity contribution in [3.05, 3.63) is 53.3 Å². The van der Waals surface area contributed by atoms with E-state index in [1.165, 1.54) is 0 Å². The molecular weight excluding hydrogens is 276 g/mol. The second kappa shape index (κ2) is 6.94. The molecule has 0 amide bonds. The molecule has 0 fully saturated rings. The third kappa shape index (κ3) is 3.96. The summed E-state index contributed by atoms with van der Waals surface area (Å²) in [5, 5.41) is 4.02. The van der Waals surface area contributed by atoms with Gasteiger partial charge in [-0.1, -0.05) is 36.4 Å². The van der Waals surface area contributed by atoms with E-state index in [1.807, 2.05) is 37.5 Å². The quantitative estimate of drug-likeness (QED) is 0.874. The van der Waals surface area contributed by atoms with Gasteiger partial charge in [0.15, 0.2) is 0 Å². The van der Waals surface area contributed by atoms with Gasteiger partial charge in [0.1, 0.15) is 0 Å². The molecule has 1 aromatic carbocycles. The summed E-state index contributed by atoms with van der Waals surface area (Å²) < 4.78 is 0. The van der Waals surface area contributed by atoms with Crippen molar-refractivity contribution in [2.24, 2.45) is 0 Å². The van der Waals surface area contributed by atoms with Gasteiger partial charge in [-0.05, 0) is 43.8 Å². The lowest BCUT2D eigenvalue weighted by Crippen LogP contribution is -2.16. The highest BCUT2D eigenvalue weighted by molar-refractivity contribution is 7.99. The molecule has 100 valence electrons. The Bertz CT molecular complexity index is 524. The number of nitrogens with zero attached hydrogens (tertiary/aromatic N) is 1. The zero-order chi connectivity index (χ0) is 13.7. The molecule has 0 saturated carbocycles. The number of hydrogen-bond donors (Lipinski definition) is 1. The first-order chi connectivity index (χ1) is 9.22. The first kappa shape index (κ1) is 14.4. The van der Waals surface area contributed by atoms with Crippen molar-refractivity contribution in [1.82, 2.24) is 10.3 Å². The second-order valence-corrected chi connectivity index (χ2v) is 5.81. The summed E-state index contributed by atoms with van der Waals surface area (Å²) in [6.45, 7) is 2.15. The van der Waals surface area contributed by atoms with Crippen LogP contribution in [0.1, 0.15) is 25.1 Å². The van der Waals surface area contributed by atoms with Crippen LogP contribution in [0.25, 0.3) is 0 Å². The van der Waals surface area contributed by atoms with Crippen LogP contribution in [0.2, 0.25) is 5.02 Å². The predicted octanol–water partition coefficient (Wildman–Crippen LogP) is 4.56. The van der Waals surface area contributed by atoms with Gasteiger partial charge in [0, 0.05) is 27.1 Å². The fraction of sp³-hybridized carbons (Fsp3) is 0.267. The molecule has 0 radical (unpaired) electrons. The van der Waals surface area contributed by atoms with Crippen molar-refractivity contribution in [3.63, 3.8) is 0 Å². The van der Waals surface area contributed by atoms with E-state index in [-0.39, 0.29) is 0 Å². The molecule has 2 rings (SSSR count). The van der Waals surface area contributed by atoms with Gasteiger partial charge in [-0.25, -0.2) is 0 Å². The van der Waals surface area contributed by atoms with Crippen LogP contribution >= 0.6 is 23.4 Å². The zero-order valence-electron chi connectivity index (χ0n) is 11.1. The van der Waals surface area contributed by atoms with Gasteiger partial charge in [0.05, 0.1) is 5.69 Å². The molecule has 1 unspecified atom stereocenters. The Morgan fingerprint density at radius 1 is 1.26 bits per heavy atom. The van der Waals surface area contributed by atoms with Gasteiger partial charge in [0.25, 0.3) is 0 Å². The molecule has 1 aromatic heterocycles. The van der Waals surface area contributed by atoms with Crippen molar-refractivity contribution in [2.75, 3.05) is 7.05 Å². The number of aromatic nitrogens is 1. The average molecular weight is 293 g/mol. The fourth-order valence-corrected chi connectivity index (χ4v) is 2.99. The van der Waals surface area contributed by atoms with Crippen molar-refractivity contribution >= 4 is 23.4 Å². The number of rotatable bonds is 5. The average Bonchev–Trinajstić information content (AvgIpc) is 2.42. The van der Waals surface area contributed by atoms with Gasteiger partial charge in [0.2, 0.25) is 0 Å². The van der Waals surface area contributed by atoms with E-state index < -0.39 is 0 Å². The smallest absolute Gasteiger partial charge is 0.0573 e. The van der Waals surface area contributed by atoms with Crippen LogP contribution in [-0.4, -0.2) is 12.0 Å². The van der Waals surface area contributed by atoms with E-state index >= 15 is 0 Å². The Kier molecular flexibility index (Phi) is 5.25. The number of benzene rings is 1. The summed E-state index contributed by atoms with van der Waals surface area (Å²) in [5.41, 5.74) is 1.08. The molecule has 0 saturated heterocycles. The van der Waals surface area contributed by atoms with Crippen LogP contribution in [-0.2, 0) is 0 Å². The SMILES string of the molecule is CCC(NC)c1ccc(Sc2cccc(Cl)c2)cn1. The van der Waals surface area contributed by atoms with E-state index in [9.17, 15) is 0 Å². The van der Waals surface area contributed by atoms with Gasteiger partial charge in [-0.3, -0.25) is 4.98 Å². The largest absolute Gasteiger partial charge is 0.312 e. The summed E-state index contributed by atoms with van der Waals surface area (Å²) >= 11 is 7.65. The van der Waals surface area contributed by atoms with Crippen LogP contribution in [0.5, 0.6) is 0 Å². The van der Waals surface area contributed by atoms with Crippen LogP contribution in [0, 0.1) is 0 Å². The minimum atomic E-state index is 0.324. The monoisotopic (exact) mass is 292 g/mol. The Hall–Kier alpha value is -1.03. The Labute approximate surface area is 123 Å². The molecule has 2 nitrogen and oxygen atoms in total. The number of hydrogen-bond acceptors (Lipinski definition) is 3. The Morgan fingerprint density at radius 3 is 2.68 bits per heavy atom. The molecule has 1 N–H and O–H groups in total. The molecule has 2 aromatic rings. The summed E-state index contributed by atoms with van der Waals surface area (Å²) in [4.78, 5) is 6.77. The standard InChI is InChI=1S/C15H17ClN2S/c1-3-14(17-2)15-8-7-13(10-18-15)19-12-6-4-5-11(16)9-12/h4-10,14,17H,3H2,1-2H3. The summed E-state index contributed by atoms with van der Waals surface area (Å²) in [7, 11) is 1.96. The maximum Gasteiger partial charge on any atom is 0.0573 e. The normalized spacial score (nSPS) is 12.4. The summed E-state index contributed by atoms with van der Waals surface area (Å²) in [6, 6.07) is 12.4. The van der Waals surface area contributed by atoms with E-state index in [4.69, 9.17) is 11.6 Å². The van der Waals surface area contributed by atoms with Crippen LogP contribution in [0.15, 0.2) is 52.4 Å². The number of nitrogens with one attached hydrogen (secondary N) is 1. The molecule has 1 heterocycles. The summed E-state index contributed by atoms with van der Waals surface area (Å²) in [5.74, 6) is 0. The maximum atomic E-state index is 5.98. The first-order valence-corrected chi connectivity index (χ1v) is 7.49. The molecule has 1 atom stereocenters. The van der Waals surface area contributed by atoms with Crippen LogP contribution in [0.3, 0.4) is 0 Å². The number of halogens is 1. The minimum Gasteiger partial charge on any atom is -0.312 e. The van der Waals surface area contributed by atoms with Crippen LogP contribution in [0.4, 0.5) is 0 Å². The highest BCUT2D eigenvalue weighted by atomic mass is 35.5.